The normalized spacial score (nSPS) is 16.4. The molecule has 1 saturated heterocycles. The molecule has 1 aliphatic heterocycles. The Morgan fingerprint density at radius 1 is 1.03 bits per heavy atom. The molecule has 0 unspecified atom stereocenters. The summed E-state index contributed by atoms with van der Waals surface area (Å²) in [7, 11) is 0. The Morgan fingerprint density at radius 3 is 2.64 bits per heavy atom. The zero-order valence-electron chi connectivity index (χ0n) is 19.4. The van der Waals surface area contributed by atoms with E-state index in [4.69, 9.17) is 0 Å². The first-order valence-electron chi connectivity index (χ1n) is 11.8. The quantitative estimate of drug-likeness (QED) is 0.563. The lowest BCUT2D eigenvalue weighted by molar-refractivity contribution is -0.132. The Morgan fingerprint density at radius 2 is 1.85 bits per heavy atom. The lowest BCUT2D eigenvalue weighted by atomic mass is 10.1. The van der Waals surface area contributed by atoms with Crippen LogP contribution in [0, 0.1) is 6.92 Å². The molecule has 1 aliphatic rings. The van der Waals surface area contributed by atoms with Crippen LogP contribution in [0.5, 0.6) is 0 Å². The molecule has 1 amide bonds. The maximum absolute atomic E-state index is 12.7. The first-order chi connectivity index (χ1) is 15.9. The number of para-hydroxylation sites is 1. The van der Waals surface area contributed by atoms with Crippen molar-refractivity contribution in [2.45, 2.75) is 52.1 Å². The van der Waals surface area contributed by atoms with Crippen LogP contribution in [-0.4, -0.2) is 46.0 Å². The summed E-state index contributed by atoms with van der Waals surface area (Å²) in [6.07, 6.45) is 2.74. The Labute approximate surface area is 193 Å². The van der Waals surface area contributed by atoms with Gasteiger partial charge < -0.3 is 14.8 Å². The SMILES string of the molecule is Cc1cccc(N2CCN(C(=O)CCCCCn3c(=O)[nH]c4ccccc4c3=O)C[C@H]2C)c1. The number of unbranched alkanes of at least 4 members (excludes halogenated alkanes) is 2. The first kappa shape index (κ1) is 22.8. The van der Waals surface area contributed by atoms with Crippen molar-refractivity contribution in [3.63, 3.8) is 0 Å². The summed E-state index contributed by atoms with van der Waals surface area (Å²) in [5, 5.41) is 0.520. The molecule has 0 spiro atoms. The number of carbonyl (C=O) groups is 1. The number of hydrogen-bond acceptors (Lipinski definition) is 4. The molecule has 1 aromatic heterocycles. The number of nitrogens with one attached hydrogen (secondary N) is 1. The molecule has 1 atom stereocenters. The van der Waals surface area contributed by atoms with Gasteiger partial charge in [0, 0.05) is 44.3 Å². The van der Waals surface area contributed by atoms with Crippen molar-refractivity contribution in [1.29, 1.82) is 0 Å². The highest BCUT2D eigenvalue weighted by Crippen LogP contribution is 2.22. The van der Waals surface area contributed by atoms with Crippen LogP contribution < -0.4 is 16.1 Å². The molecule has 7 nitrogen and oxygen atoms in total. The van der Waals surface area contributed by atoms with Gasteiger partial charge in [0.2, 0.25) is 5.91 Å². The van der Waals surface area contributed by atoms with Gasteiger partial charge in [-0.15, -0.1) is 0 Å². The summed E-state index contributed by atoms with van der Waals surface area (Å²) in [6, 6.07) is 15.8. The summed E-state index contributed by atoms with van der Waals surface area (Å²) < 4.78 is 1.26. The van der Waals surface area contributed by atoms with E-state index in [1.807, 2.05) is 4.90 Å². The lowest BCUT2D eigenvalue weighted by Crippen LogP contribution is -2.53. The van der Waals surface area contributed by atoms with Crippen LogP contribution >= 0.6 is 0 Å². The van der Waals surface area contributed by atoms with E-state index in [2.05, 4.69) is 48.0 Å². The molecule has 7 heteroatoms. The van der Waals surface area contributed by atoms with E-state index < -0.39 is 0 Å². The molecule has 0 aliphatic carbocycles. The van der Waals surface area contributed by atoms with Crippen LogP contribution in [0.3, 0.4) is 0 Å². The summed E-state index contributed by atoms with van der Waals surface area (Å²) in [5.74, 6) is 0.187. The van der Waals surface area contributed by atoms with Gasteiger partial charge in [-0.1, -0.05) is 30.7 Å². The van der Waals surface area contributed by atoms with Crippen molar-refractivity contribution in [2.75, 3.05) is 24.5 Å². The van der Waals surface area contributed by atoms with Crippen molar-refractivity contribution in [2.24, 2.45) is 0 Å². The number of aromatic nitrogens is 2. The number of anilines is 1. The molecule has 33 heavy (non-hydrogen) atoms. The molecule has 0 radical (unpaired) electrons. The van der Waals surface area contributed by atoms with E-state index in [9.17, 15) is 14.4 Å². The van der Waals surface area contributed by atoms with Crippen LogP contribution in [0.15, 0.2) is 58.1 Å². The van der Waals surface area contributed by atoms with Gasteiger partial charge in [-0.3, -0.25) is 14.2 Å². The van der Waals surface area contributed by atoms with E-state index in [1.54, 1.807) is 24.3 Å². The van der Waals surface area contributed by atoms with E-state index >= 15 is 0 Å². The molecule has 4 rings (SSSR count). The number of hydrogen-bond donors (Lipinski definition) is 1. The number of rotatable bonds is 7. The summed E-state index contributed by atoms with van der Waals surface area (Å²) in [4.78, 5) is 44.7. The summed E-state index contributed by atoms with van der Waals surface area (Å²) in [6.45, 7) is 6.93. The molecule has 174 valence electrons. The third kappa shape index (κ3) is 5.18. The van der Waals surface area contributed by atoms with E-state index in [0.29, 0.717) is 30.3 Å². The average Bonchev–Trinajstić information content (AvgIpc) is 2.80. The molecular weight excluding hydrogens is 416 g/mol. The number of H-pyrrole nitrogens is 1. The summed E-state index contributed by atoms with van der Waals surface area (Å²) >= 11 is 0. The van der Waals surface area contributed by atoms with E-state index in [0.717, 1.165) is 32.5 Å². The van der Waals surface area contributed by atoms with Crippen LogP contribution in [0.4, 0.5) is 5.69 Å². The molecular formula is C26H32N4O3. The number of amides is 1. The fourth-order valence-electron chi connectivity index (χ4n) is 4.66. The van der Waals surface area contributed by atoms with Crippen molar-refractivity contribution < 1.29 is 4.79 Å². The van der Waals surface area contributed by atoms with Crippen molar-refractivity contribution in [3.05, 3.63) is 74.9 Å². The topological polar surface area (TPSA) is 78.4 Å². The summed E-state index contributed by atoms with van der Waals surface area (Å²) in [5.41, 5.74) is 2.38. The van der Waals surface area contributed by atoms with Gasteiger partial charge in [-0.05, 0) is 56.5 Å². The molecule has 2 heterocycles. The van der Waals surface area contributed by atoms with Crippen LogP contribution in [0.25, 0.3) is 10.9 Å². The number of nitrogens with zero attached hydrogens (tertiary/aromatic N) is 3. The minimum atomic E-state index is -0.379. The second kappa shape index (κ2) is 10.1. The molecule has 2 aromatic carbocycles. The number of aryl methyl sites for hydroxylation is 1. The van der Waals surface area contributed by atoms with Gasteiger partial charge in [0.1, 0.15) is 0 Å². The Kier molecular flexibility index (Phi) is 6.96. The zero-order valence-corrected chi connectivity index (χ0v) is 19.4. The third-order valence-corrected chi connectivity index (χ3v) is 6.48. The first-order valence-corrected chi connectivity index (χ1v) is 11.8. The van der Waals surface area contributed by atoms with Gasteiger partial charge in [0.25, 0.3) is 5.56 Å². The highest BCUT2D eigenvalue weighted by Gasteiger charge is 2.26. The molecule has 0 bridgehead atoms. The largest absolute Gasteiger partial charge is 0.365 e. The number of aromatic amines is 1. The molecule has 3 aromatic rings. The average molecular weight is 449 g/mol. The number of piperazine rings is 1. The standard InChI is InChI=1S/C26H32N4O3/c1-19-9-8-10-21(17-19)29-16-15-28(18-20(29)2)24(31)13-4-3-7-14-30-25(32)22-11-5-6-12-23(22)27-26(30)33/h5-6,8-12,17,20H,3-4,7,13-16,18H2,1-2H3,(H,27,33)/t20-/m1/s1. The third-order valence-electron chi connectivity index (χ3n) is 6.48. The Hall–Kier alpha value is -3.35. The van der Waals surface area contributed by atoms with Gasteiger partial charge >= 0.3 is 5.69 Å². The number of carbonyl (C=O) groups excluding carboxylic acids is 1. The fourth-order valence-corrected chi connectivity index (χ4v) is 4.66. The fraction of sp³-hybridized carbons (Fsp3) is 0.423. The Balaban J connectivity index is 1.24. The number of fused-ring (bicyclic) bond motifs is 1. The second-order valence-electron chi connectivity index (χ2n) is 8.96. The van der Waals surface area contributed by atoms with Gasteiger partial charge in [-0.2, -0.15) is 0 Å². The van der Waals surface area contributed by atoms with Gasteiger partial charge in [0.05, 0.1) is 10.9 Å². The van der Waals surface area contributed by atoms with Crippen molar-refractivity contribution >= 4 is 22.5 Å². The van der Waals surface area contributed by atoms with Gasteiger partial charge in [-0.25, -0.2) is 4.79 Å². The van der Waals surface area contributed by atoms with Gasteiger partial charge in [0.15, 0.2) is 0 Å². The van der Waals surface area contributed by atoms with E-state index in [1.165, 1.54) is 15.8 Å². The highest BCUT2D eigenvalue weighted by atomic mass is 16.2. The monoisotopic (exact) mass is 448 g/mol. The van der Waals surface area contributed by atoms with E-state index in [-0.39, 0.29) is 23.2 Å². The smallest absolute Gasteiger partial charge is 0.328 e. The predicted octanol–water partition coefficient (Wildman–Crippen LogP) is 3.30. The number of benzene rings is 2. The second-order valence-corrected chi connectivity index (χ2v) is 8.96. The predicted molar refractivity (Wildman–Crippen MR) is 132 cm³/mol. The lowest BCUT2D eigenvalue weighted by Gasteiger charge is -2.41. The van der Waals surface area contributed by atoms with Crippen molar-refractivity contribution in [1.82, 2.24) is 14.5 Å². The zero-order chi connectivity index (χ0) is 23.4. The van der Waals surface area contributed by atoms with Crippen LogP contribution in [-0.2, 0) is 11.3 Å². The van der Waals surface area contributed by atoms with Crippen LogP contribution in [0.2, 0.25) is 0 Å². The van der Waals surface area contributed by atoms with Crippen molar-refractivity contribution in [3.8, 4) is 0 Å². The minimum Gasteiger partial charge on any atom is -0.365 e. The maximum Gasteiger partial charge on any atom is 0.328 e. The minimum absolute atomic E-state index is 0.187. The molecule has 0 saturated carbocycles. The molecule has 1 fully saturated rings. The highest BCUT2D eigenvalue weighted by molar-refractivity contribution is 5.77. The maximum atomic E-state index is 12.7. The molecule has 1 N–H and O–H groups in total. The van der Waals surface area contributed by atoms with Crippen LogP contribution in [0.1, 0.15) is 38.2 Å². The Bertz CT molecular complexity index is 1250.